The summed E-state index contributed by atoms with van der Waals surface area (Å²) >= 11 is 5.63. The van der Waals surface area contributed by atoms with Crippen LogP contribution in [0, 0.1) is 10.1 Å². The number of hydrogen-bond acceptors (Lipinski definition) is 6. The van der Waals surface area contributed by atoms with Gasteiger partial charge >= 0.3 is 5.69 Å². The Kier molecular flexibility index (Phi) is 3.15. The van der Waals surface area contributed by atoms with Gasteiger partial charge in [0.2, 0.25) is 11.0 Å². The molecule has 0 unspecified atom stereocenters. The zero-order valence-corrected chi connectivity index (χ0v) is 9.18. The molecule has 2 aromatic rings. The molecule has 17 heavy (non-hydrogen) atoms. The largest absolute Gasteiger partial charge is 0.359 e. The summed E-state index contributed by atoms with van der Waals surface area (Å²) in [5.41, 5.74) is 0.433. The van der Waals surface area contributed by atoms with E-state index in [1.165, 1.54) is 0 Å². The van der Waals surface area contributed by atoms with E-state index in [0.717, 1.165) is 12.0 Å². The van der Waals surface area contributed by atoms with Crippen molar-refractivity contribution in [2.24, 2.45) is 0 Å². The summed E-state index contributed by atoms with van der Waals surface area (Å²) in [6, 6.07) is 1.74. The first-order valence-corrected chi connectivity index (χ1v) is 4.93. The minimum atomic E-state index is -0.627. The summed E-state index contributed by atoms with van der Waals surface area (Å²) in [6.45, 7) is 0.328. The first kappa shape index (κ1) is 11.3. The van der Waals surface area contributed by atoms with Gasteiger partial charge in [0, 0.05) is 6.20 Å². The maximum Gasteiger partial charge on any atom is 0.348 e. The average Bonchev–Trinajstić information content (AvgIpc) is 2.78. The normalized spacial score (nSPS) is 10.2. The number of aromatic nitrogens is 4. The van der Waals surface area contributed by atoms with E-state index in [1.54, 1.807) is 12.3 Å². The molecule has 0 saturated heterocycles. The second-order valence-corrected chi connectivity index (χ2v) is 3.41. The fourth-order valence-electron chi connectivity index (χ4n) is 1.21. The van der Waals surface area contributed by atoms with Crippen molar-refractivity contribution in [3.8, 4) is 0 Å². The van der Waals surface area contributed by atoms with Crippen molar-refractivity contribution in [3.63, 3.8) is 0 Å². The second kappa shape index (κ2) is 4.74. The molecule has 9 heteroatoms. The summed E-state index contributed by atoms with van der Waals surface area (Å²) < 4.78 is 0. The number of anilines is 1. The van der Waals surface area contributed by atoms with E-state index in [4.69, 9.17) is 11.6 Å². The van der Waals surface area contributed by atoms with Crippen LogP contribution in [0.1, 0.15) is 5.69 Å². The smallest absolute Gasteiger partial charge is 0.348 e. The van der Waals surface area contributed by atoms with Crippen LogP contribution < -0.4 is 5.32 Å². The van der Waals surface area contributed by atoms with Crippen LogP contribution in [-0.2, 0) is 6.54 Å². The van der Waals surface area contributed by atoms with Crippen molar-refractivity contribution in [3.05, 3.63) is 39.6 Å². The molecule has 0 saturated carbocycles. The number of rotatable bonds is 4. The van der Waals surface area contributed by atoms with Crippen LogP contribution in [0.2, 0.25) is 5.15 Å². The standard InChI is InChI=1S/C8H7ClN6O2/c9-7-6(15(16)17)8(12-4-11-7)10-3-5-1-2-13-14-5/h1-2,4H,3H2,(H,13,14)(H,10,11,12). The molecule has 2 rings (SSSR count). The lowest BCUT2D eigenvalue weighted by molar-refractivity contribution is -0.384. The Bertz CT molecular complexity index is 529. The molecule has 0 radical (unpaired) electrons. The monoisotopic (exact) mass is 254 g/mol. The van der Waals surface area contributed by atoms with Crippen LogP contribution in [0.15, 0.2) is 18.6 Å². The third-order valence-electron chi connectivity index (χ3n) is 1.96. The lowest BCUT2D eigenvalue weighted by Gasteiger charge is -2.04. The number of nitro groups is 1. The van der Waals surface area contributed by atoms with Crippen molar-refractivity contribution in [2.75, 3.05) is 5.32 Å². The Morgan fingerprint density at radius 1 is 1.53 bits per heavy atom. The van der Waals surface area contributed by atoms with Crippen molar-refractivity contribution in [2.45, 2.75) is 6.54 Å². The van der Waals surface area contributed by atoms with Gasteiger partial charge < -0.3 is 5.32 Å². The molecule has 0 aliphatic rings. The molecule has 0 aliphatic heterocycles. The fraction of sp³-hybridized carbons (Fsp3) is 0.125. The highest BCUT2D eigenvalue weighted by Crippen LogP contribution is 2.28. The van der Waals surface area contributed by atoms with E-state index in [2.05, 4.69) is 25.5 Å². The number of nitrogens with zero attached hydrogens (tertiary/aromatic N) is 4. The maximum atomic E-state index is 10.8. The van der Waals surface area contributed by atoms with Crippen molar-refractivity contribution in [1.82, 2.24) is 20.2 Å². The van der Waals surface area contributed by atoms with E-state index in [9.17, 15) is 10.1 Å². The lowest BCUT2D eigenvalue weighted by atomic mass is 10.4. The van der Waals surface area contributed by atoms with Gasteiger partial charge in [0.1, 0.15) is 6.33 Å². The molecule has 0 fully saturated rings. The molecular formula is C8H7ClN6O2. The quantitative estimate of drug-likeness (QED) is 0.484. The van der Waals surface area contributed by atoms with Crippen molar-refractivity contribution < 1.29 is 4.92 Å². The van der Waals surface area contributed by atoms with E-state index in [1.807, 2.05) is 0 Å². The van der Waals surface area contributed by atoms with Gasteiger partial charge in [0.25, 0.3) is 0 Å². The molecule has 0 aliphatic carbocycles. The molecule has 2 aromatic heterocycles. The van der Waals surface area contributed by atoms with Gasteiger partial charge in [-0.3, -0.25) is 15.2 Å². The highest BCUT2D eigenvalue weighted by atomic mass is 35.5. The van der Waals surface area contributed by atoms with Gasteiger partial charge in [-0.25, -0.2) is 9.97 Å². The van der Waals surface area contributed by atoms with Gasteiger partial charge in [-0.15, -0.1) is 0 Å². The van der Waals surface area contributed by atoms with Crippen molar-refractivity contribution >= 4 is 23.1 Å². The minimum Gasteiger partial charge on any atom is -0.359 e. The summed E-state index contributed by atoms with van der Waals surface area (Å²) in [4.78, 5) is 17.5. The van der Waals surface area contributed by atoms with E-state index in [-0.39, 0.29) is 16.7 Å². The third kappa shape index (κ3) is 2.48. The van der Waals surface area contributed by atoms with Gasteiger partial charge in [0.15, 0.2) is 0 Å². The Labute approximate surface area is 100 Å². The van der Waals surface area contributed by atoms with Crippen LogP contribution in [0.3, 0.4) is 0 Å². The highest BCUT2D eigenvalue weighted by molar-refractivity contribution is 6.31. The van der Waals surface area contributed by atoms with Crippen LogP contribution in [0.5, 0.6) is 0 Å². The number of halogens is 1. The molecule has 2 heterocycles. The van der Waals surface area contributed by atoms with Crippen LogP contribution >= 0.6 is 11.6 Å². The topological polar surface area (TPSA) is 110 Å². The molecule has 8 nitrogen and oxygen atoms in total. The Morgan fingerprint density at radius 3 is 3.00 bits per heavy atom. The molecule has 0 atom stereocenters. The molecule has 2 N–H and O–H groups in total. The summed E-state index contributed by atoms with van der Waals surface area (Å²) in [6.07, 6.45) is 2.74. The summed E-state index contributed by atoms with van der Waals surface area (Å²) in [5.74, 6) is 0.0737. The van der Waals surface area contributed by atoms with Gasteiger partial charge in [-0.2, -0.15) is 5.10 Å². The molecule has 0 amide bonds. The molecule has 0 spiro atoms. The van der Waals surface area contributed by atoms with Gasteiger partial charge in [-0.05, 0) is 6.07 Å². The molecular weight excluding hydrogens is 248 g/mol. The Morgan fingerprint density at radius 2 is 2.35 bits per heavy atom. The number of nitrogens with one attached hydrogen (secondary N) is 2. The second-order valence-electron chi connectivity index (χ2n) is 3.05. The molecule has 0 bridgehead atoms. The number of H-pyrrole nitrogens is 1. The molecule has 0 aromatic carbocycles. The van der Waals surface area contributed by atoms with Gasteiger partial charge in [0.05, 0.1) is 17.2 Å². The van der Waals surface area contributed by atoms with E-state index >= 15 is 0 Å². The van der Waals surface area contributed by atoms with Crippen LogP contribution in [-0.4, -0.2) is 25.1 Å². The number of aromatic amines is 1. The zero-order valence-electron chi connectivity index (χ0n) is 8.42. The lowest BCUT2D eigenvalue weighted by Crippen LogP contribution is -2.06. The SMILES string of the molecule is O=[N+]([O-])c1c(Cl)ncnc1NCc1ccn[nH]1. The van der Waals surface area contributed by atoms with E-state index < -0.39 is 4.92 Å². The first-order valence-electron chi connectivity index (χ1n) is 4.55. The van der Waals surface area contributed by atoms with E-state index in [0.29, 0.717) is 6.54 Å². The van der Waals surface area contributed by atoms with Crippen LogP contribution in [0.25, 0.3) is 0 Å². The Balaban J connectivity index is 2.21. The zero-order chi connectivity index (χ0) is 12.3. The highest BCUT2D eigenvalue weighted by Gasteiger charge is 2.21. The fourth-order valence-corrected chi connectivity index (χ4v) is 1.41. The molecule has 88 valence electrons. The number of hydrogen-bond donors (Lipinski definition) is 2. The predicted octanol–water partition coefficient (Wildman–Crippen LogP) is 1.37. The van der Waals surface area contributed by atoms with Crippen LogP contribution in [0.4, 0.5) is 11.5 Å². The first-order chi connectivity index (χ1) is 8.18. The van der Waals surface area contributed by atoms with Gasteiger partial charge in [-0.1, -0.05) is 11.6 Å². The summed E-state index contributed by atoms with van der Waals surface area (Å²) in [7, 11) is 0. The average molecular weight is 255 g/mol. The summed E-state index contributed by atoms with van der Waals surface area (Å²) in [5, 5.41) is 19.8. The third-order valence-corrected chi connectivity index (χ3v) is 2.24. The van der Waals surface area contributed by atoms with Crippen molar-refractivity contribution in [1.29, 1.82) is 0 Å². The predicted molar refractivity (Wildman–Crippen MR) is 59.6 cm³/mol. The Hall–Kier alpha value is -2.22. The minimum absolute atomic E-state index is 0.0737. The maximum absolute atomic E-state index is 10.8.